The molecule has 1 aliphatic carbocycles. The van der Waals surface area contributed by atoms with E-state index in [1.54, 1.807) is 26.8 Å². The van der Waals surface area contributed by atoms with Crippen molar-refractivity contribution in [3.63, 3.8) is 0 Å². The Hall–Kier alpha value is -4.68. The molecule has 1 saturated heterocycles. The van der Waals surface area contributed by atoms with E-state index in [0.29, 0.717) is 31.4 Å². The van der Waals surface area contributed by atoms with Gasteiger partial charge in [0.1, 0.15) is 11.4 Å². The molecule has 294 valence electrons. The number of carbonyl (C=O) groups excluding carboxylic acids is 2. The lowest BCUT2D eigenvalue weighted by Gasteiger charge is -2.31. The van der Waals surface area contributed by atoms with Gasteiger partial charge in [0.05, 0.1) is 23.3 Å². The third-order valence-electron chi connectivity index (χ3n) is 10.9. The number of fused-ring (bicyclic) bond motifs is 1. The number of hydrogen-bond donors (Lipinski definition) is 1. The van der Waals surface area contributed by atoms with E-state index < -0.39 is 40.8 Å². The molecule has 2 aromatic heterocycles. The van der Waals surface area contributed by atoms with Gasteiger partial charge in [-0.2, -0.15) is 0 Å². The monoisotopic (exact) mass is 754 g/mol. The first kappa shape index (κ1) is 40.0. The van der Waals surface area contributed by atoms with Gasteiger partial charge in [-0.25, -0.2) is 23.5 Å². The summed E-state index contributed by atoms with van der Waals surface area (Å²) in [4.78, 5) is 63.4. The third-order valence-corrected chi connectivity index (χ3v) is 10.9. The van der Waals surface area contributed by atoms with E-state index in [4.69, 9.17) is 4.74 Å². The SMILES string of the molecule is CC(C)[C@H](NC(=O)OC(C)(C)C)C(=O)CC1CCC(n2c(=O)c3cc(F)cnc3n(-c3cccc(-c4ccc(CN5CCCN(C)CC5)cc4)c3)c2=O)CC1. The number of pyridine rings is 1. The highest BCUT2D eigenvalue weighted by Gasteiger charge is 2.32. The number of ketones is 1. The van der Waals surface area contributed by atoms with E-state index >= 15 is 0 Å². The predicted octanol–water partition coefficient (Wildman–Crippen LogP) is 6.73. The van der Waals surface area contributed by atoms with Crippen molar-refractivity contribution in [3.05, 3.63) is 93.0 Å². The number of carbonyl (C=O) groups is 2. The minimum atomic E-state index is -0.689. The molecule has 1 aliphatic heterocycles. The Labute approximate surface area is 322 Å². The fraction of sp³-hybridized carbons (Fsp3) is 0.512. The summed E-state index contributed by atoms with van der Waals surface area (Å²) < 4.78 is 22.7. The van der Waals surface area contributed by atoms with E-state index in [9.17, 15) is 23.6 Å². The van der Waals surface area contributed by atoms with Crippen molar-refractivity contribution < 1.29 is 18.7 Å². The van der Waals surface area contributed by atoms with Crippen LogP contribution in [0, 0.1) is 17.7 Å². The first-order valence-corrected chi connectivity index (χ1v) is 19.6. The molecular formula is C43H55FN6O5. The molecular weight excluding hydrogens is 700 g/mol. The summed E-state index contributed by atoms with van der Waals surface area (Å²) >= 11 is 0. The lowest BCUT2D eigenvalue weighted by atomic mass is 9.81. The summed E-state index contributed by atoms with van der Waals surface area (Å²) in [6, 6.07) is 16.0. The second-order valence-corrected chi connectivity index (χ2v) is 16.7. The minimum Gasteiger partial charge on any atom is -0.444 e. The summed E-state index contributed by atoms with van der Waals surface area (Å²) in [7, 11) is 2.17. The molecule has 2 aliphatic rings. The molecule has 1 amide bonds. The molecule has 2 fully saturated rings. The Balaban J connectivity index is 1.22. The van der Waals surface area contributed by atoms with E-state index in [2.05, 4.69) is 51.4 Å². The number of hydrogen-bond acceptors (Lipinski definition) is 8. The summed E-state index contributed by atoms with van der Waals surface area (Å²) in [5.41, 5.74) is 1.94. The zero-order valence-corrected chi connectivity index (χ0v) is 33.0. The lowest BCUT2D eigenvalue weighted by Crippen LogP contribution is -2.47. The van der Waals surface area contributed by atoms with Gasteiger partial charge in [0, 0.05) is 32.1 Å². The van der Waals surface area contributed by atoms with Gasteiger partial charge in [0.2, 0.25) is 0 Å². The fourth-order valence-electron chi connectivity index (χ4n) is 7.95. The molecule has 1 saturated carbocycles. The van der Waals surface area contributed by atoms with Crippen LogP contribution >= 0.6 is 0 Å². The van der Waals surface area contributed by atoms with Crippen LogP contribution in [0.5, 0.6) is 0 Å². The molecule has 1 N–H and O–H groups in total. The number of amides is 1. The van der Waals surface area contributed by atoms with Gasteiger partial charge in [-0.15, -0.1) is 0 Å². The number of aromatic nitrogens is 3. The fourth-order valence-corrected chi connectivity index (χ4v) is 7.95. The number of nitrogens with zero attached hydrogens (tertiary/aromatic N) is 5. The molecule has 6 rings (SSSR count). The average Bonchev–Trinajstić information content (AvgIpc) is 3.34. The smallest absolute Gasteiger partial charge is 0.408 e. The largest absolute Gasteiger partial charge is 0.444 e. The third kappa shape index (κ3) is 9.77. The van der Waals surface area contributed by atoms with Crippen molar-refractivity contribution in [1.82, 2.24) is 29.2 Å². The van der Waals surface area contributed by atoms with Crippen molar-refractivity contribution in [2.24, 2.45) is 11.8 Å². The lowest BCUT2D eigenvalue weighted by molar-refractivity contribution is -0.123. The van der Waals surface area contributed by atoms with Crippen molar-refractivity contribution in [1.29, 1.82) is 0 Å². The Morgan fingerprint density at radius 1 is 0.945 bits per heavy atom. The number of ether oxygens (including phenoxy) is 1. The van der Waals surface area contributed by atoms with Crippen molar-refractivity contribution in [3.8, 4) is 16.8 Å². The molecule has 11 nitrogen and oxygen atoms in total. The molecule has 0 bridgehead atoms. The summed E-state index contributed by atoms with van der Waals surface area (Å²) in [6.07, 6.45) is 4.02. The van der Waals surface area contributed by atoms with Crippen molar-refractivity contribution in [2.45, 2.75) is 97.4 Å². The highest BCUT2D eigenvalue weighted by atomic mass is 19.1. The van der Waals surface area contributed by atoms with Gasteiger partial charge in [0.15, 0.2) is 11.4 Å². The number of benzene rings is 2. The van der Waals surface area contributed by atoms with Gasteiger partial charge in [-0.3, -0.25) is 19.1 Å². The molecule has 0 unspecified atom stereocenters. The first-order valence-electron chi connectivity index (χ1n) is 19.6. The normalized spacial score (nSPS) is 19.3. The summed E-state index contributed by atoms with van der Waals surface area (Å²) in [6.45, 7) is 14.3. The van der Waals surface area contributed by atoms with Crippen LogP contribution in [0.2, 0.25) is 0 Å². The Bertz CT molecular complexity index is 2110. The van der Waals surface area contributed by atoms with Gasteiger partial charge < -0.3 is 15.0 Å². The van der Waals surface area contributed by atoms with E-state index in [1.165, 1.54) is 14.7 Å². The zero-order valence-electron chi connectivity index (χ0n) is 33.0. The molecule has 0 spiro atoms. The Morgan fingerprint density at radius 3 is 2.36 bits per heavy atom. The number of halogens is 1. The molecule has 0 radical (unpaired) electrons. The number of alkyl carbamates (subject to hydrolysis) is 1. The topological polar surface area (TPSA) is 119 Å². The maximum atomic E-state index is 14.6. The highest BCUT2D eigenvalue weighted by Crippen LogP contribution is 2.34. The van der Waals surface area contributed by atoms with Crippen LogP contribution in [0.4, 0.5) is 9.18 Å². The highest BCUT2D eigenvalue weighted by molar-refractivity contribution is 5.88. The molecule has 1 atom stereocenters. The molecule has 55 heavy (non-hydrogen) atoms. The average molecular weight is 755 g/mol. The molecule has 2 aromatic carbocycles. The van der Waals surface area contributed by atoms with Crippen LogP contribution < -0.4 is 16.6 Å². The molecule has 12 heteroatoms. The van der Waals surface area contributed by atoms with E-state index in [-0.39, 0.29) is 35.1 Å². The van der Waals surface area contributed by atoms with Gasteiger partial charge in [0.25, 0.3) is 5.56 Å². The van der Waals surface area contributed by atoms with Crippen LogP contribution in [-0.2, 0) is 16.1 Å². The van der Waals surface area contributed by atoms with E-state index in [0.717, 1.165) is 62.5 Å². The van der Waals surface area contributed by atoms with Gasteiger partial charge in [-0.05, 0) is 120 Å². The second-order valence-electron chi connectivity index (χ2n) is 16.7. The van der Waals surface area contributed by atoms with Crippen LogP contribution in [0.1, 0.15) is 84.7 Å². The predicted molar refractivity (Wildman–Crippen MR) is 213 cm³/mol. The Morgan fingerprint density at radius 2 is 1.67 bits per heavy atom. The maximum Gasteiger partial charge on any atom is 0.408 e. The standard InChI is InChI=1S/C43H55FN6O5/c1-28(2)38(46-41(53)55-43(3,4)5)37(51)23-29-13-17-34(18-14-29)50-40(52)36-25-33(44)26-45-39(36)49(42(50)54)35-10-7-9-32(24-35)31-15-11-30(12-16-31)27-48-20-8-19-47(6)21-22-48/h7,9-12,15-16,24-26,28-29,34,38H,8,13-14,17-23,27H2,1-6H3,(H,46,53)/t29?,34?,38-/m0/s1. The van der Waals surface area contributed by atoms with Crippen LogP contribution in [0.25, 0.3) is 27.8 Å². The van der Waals surface area contributed by atoms with Gasteiger partial charge >= 0.3 is 11.8 Å². The minimum absolute atomic E-state index is 0.0251. The zero-order chi connectivity index (χ0) is 39.4. The molecule has 4 aromatic rings. The second kappa shape index (κ2) is 17.0. The maximum absolute atomic E-state index is 14.6. The van der Waals surface area contributed by atoms with Crippen molar-refractivity contribution in [2.75, 3.05) is 33.2 Å². The summed E-state index contributed by atoms with van der Waals surface area (Å²) in [5.74, 6) is -0.841. The first-order chi connectivity index (χ1) is 26.2. The summed E-state index contributed by atoms with van der Waals surface area (Å²) in [5, 5.41) is 2.78. The number of rotatable bonds is 10. The van der Waals surface area contributed by atoms with Crippen LogP contribution in [0.15, 0.2) is 70.4 Å². The van der Waals surface area contributed by atoms with Crippen LogP contribution in [0.3, 0.4) is 0 Å². The van der Waals surface area contributed by atoms with Crippen LogP contribution in [-0.4, -0.2) is 80.7 Å². The van der Waals surface area contributed by atoms with Crippen molar-refractivity contribution >= 4 is 22.9 Å². The number of Topliss-reactive ketones (excluding diaryl/α,β-unsaturated/α-hetero) is 1. The van der Waals surface area contributed by atoms with Gasteiger partial charge in [-0.1, -0.05) is 50.2 Å². The molecule has 3 heterocycles. The Kier molecular flexibility index (Phi) is 12.4. The quantitative estimate of drug-likeness (QED) is 0.190. The van der Waals surface area contributed by atoms with E-state index in [1.807, 2.05) is 32.0 Å². The number of likely N-dealkylation sites (N-methyl/N-ethyl adjacent to an activating group) is 1. The number of nitrogens with one attached hydrogen (secondary N) is 1.